The van der Waals surface area contributed by atoms with Crippen LogP contribution in [0.4, 0.5) is 0 Å². The van der Waals surface area contributed by atoms with Crippen molar-refractivity contribution >= 4 is 17.2 Å². The Morgan fingerprint density at radius 3 is 2.79 bits per heavy atom. The number of thiophene rings is 1. The topological polar surface area (TPSA) is 41.6 Å². The van der Waals surface area contributed by atoms with E-state index in [9.17, 15) is 4.79 Å². The lowest BCUT2D eigenvalue weighted by atomic mass is 9.85. The molecule has 1 N–H and O–H groups in total. The second-order valence-electron chi connectivity index (χ2n) is 10.0. The van der Waals surface area contributed by atoms with Gasteiger partial charge in [-0.25, -0.2) is 0 Å². The van der Waals surface area contributed by atoms with Crippen molar-refractivity contribution in [3.8, 4) is 0 Å². The Balaban J connectivity index is 1.20. The lowest BCUT2D eigenvalue weighted by Gasteiger charge is -2.34. The Hall–Kier alpha value is -0.910. The van der Waals surface area contributed by atoms with E-state index in [1.165, 1.54) is 74.8 Å². The average molecular weight is 417 g/mol. The number of hydrogen-bond acceptors (Lipinski definition) is 4. The molecule has 1 aromatic rings. The number of carbonyl (C=O) groups is 1. The fourth-order valence-electron chi connectivity index (χ4n) is 6.19. The van der Waals surface area contributed by atoms with Crippen molar-refractivity contribution in [2.24, 2.45) is 11.3 Å². The first-order valence-electron chi connectivity index (χ1n) is 11.9. The zero-order valence-corrected chi connectivity index (χ0v) is 18.5. The van der Waals surface area contributed by atoms with Crippen molar-refractivity contribution < 1.29 is 9.53 Å². The number of fused-ring (bicyclic) bond motifs is 2. The van der Waals surface area contributed by atoms with Crippen LogP contribution >= 0.6 is 11.3 Å². The number of carbonyl (C=O) groups excluding carboxylic acids is 1. The largest absolute Gasteiger partial charge is 0.377 e. The maximum atomic E-state index is 13.0. The van der Waals surface area contributed by atoms with E-state index in [4.69, 9.17) is 4.74 Å². The third-order valence-corrected chi connectivity index (χ3v) is 9.08. The number of ether oxygens (including phenoxy) is 1. The third-order valence-electron chi connectivity index (χ3n) is 7.84. The van der Waals surface area contributed by atoms with Crippen LogP contribution in [0.5, 0.6) is 0 Å². The first kappa shape index (κ1) is 20.0. The van der Waals surface area contributed by atoms with Gasteiger partial charge in [0.15, 0.2) is 0 Å². The van der Waals surface area contributed by atoms with E-state index in [0.717, 1.165) is 49.9 Å². The van der Waals surface area contributed by atoms with Crippen molar-refractivity contribution in [2.75, 3.05) is 32.8 Å². The van der Waals surface area contributed by atoms with Crippen LogP contribution in [-0.2, 0) is 17.6 Å². The molecule has 5 rings (SSSR count). The van der Waals surface area contributed by atoms with E-state index in [0.29, 0.717) is 6.10 Å². The summed E-state index contributed by atoms with van der Waals surface area (Å²) in [6, 6.07) is 2.20. The molecule has 1 amide bonds. The second-order valence-corrected chi connectivity index (χ2v) is 11.2. The Morgan fingerprint density at radius 2 is 1.97 bits per heavy atom. The predicted molar refractivity (Wildman–Crippen MR) is 118 cm³/mol. The standard InChI is InChI=1S/C24H36N2O2S/c27-23(22-13-18-7-3-1-2-4-8-21(18)29-22)25-16-24(10-5-6-11-24)17-26-14-19-9-12-28-20(19)15-26/h13,19-20H,1-12,14-17H2,(H,25,27)/t19-,20-/m1/s1. The van der Waals surface area contributed by atoms with Gasteiger partial charge < -0.3 is 10.1 Å². The summed E-state index contributed by atoms with van der Waals surface area (Å²) < 4.78 is 5.91. The van der Waals surface area contributed by atoms with Crippen molar-refractivity contribution in [1.82, 2.24) is 10.2 Å². The molecule has 0 unspecified atom stereocenters. The predicted octanol–water partition coefficient (Wildman–Crippen LogP) is 4.42. The van der Waals surface area contributed by atoms with Gasteiger partial charge in [0, 0.05) is 49.0 Å². The quantitative estimate of drug-likeness (QED) is 0.773. The van der Waals surface area contributed by atoms with Gasteiger partial charge in [0.05, 0.1) is 11.0 Å². The molecule has 0 bridgehead atoms. The van der Waals surface area contributed by atoms with Crippen LogP contribution < -0.4 is 5.32 Å². The molecular formula is C24H36N2O2S. The minimum atomic E-state index is 0.162. The van der Waals surface area contributed by atoms with Gasteiger partial charge in [-0.2, -0.15) is 0 Å². The summed E-state index contributed by atoms with van der Waals surface area (Å²) in [5, 5.41) is 3.36. The van der Waals surface area contributed by atoms with Gasteiger partial charge in [-0.15, -0.1) is 11.3 Å². The van der Waals surface area contributed by atoms with Crippen molar-refractivity contribution in [1.29, 1.82) is 0 Å². The summed E-state index contributed by atoms with van der Waals surface area (Å²) in [5.41, 5.74) is 1.71. The molecule has 1 saturated carbocycles. The molecule has 1 aromatic heterocycles. The zero-order valence-electron chi connectivity index (χ0n) is 17.7. The van der Waals surface area contributed by atoms with Crippen LogP contribution in [0.1, 0.15) is 77.9 Å². The van der Waals surface area contributed by atoms with Crippen LogP contribution in [0.2, 0.25) is 0 Å². The van der Waals surface area contributed by atoms with Crippen molar-refractivity contribution in [2.45, 2.75) is 76.7 Å². The monoisotopic (exact) mass is 416 g/mol. The van der Waals surface area contributed by atoms with E-state index in [1.54, 1.807) is 11.3 Å². The smallest absolute Gasteiger partial charge is 0.261 e. The molecule has 2 aliphatic heterocycles. The molecule has 4 nitrogen and oxygen atoms in total. The molecule has 0 radical (unpaired) electrons. The average Bonchev–Trinajstić information content (AvgIpc) is 3.45. The lowest BCUT2D eigenvalue weighted by molar-refractivity contribution is 0.0832. The molecular weight excluding hydrogens is 380 g/mol. The Labute approximate surface area is 179 Å². The molecule has 3 fully saturated rings. The molecule has 0 spiro atoms. The fourth-order valence-corrected chi connectivity index (χ4v) is 7.36. The fraction of sp³-hybridized carbons (Fsp3) is 0.792. The maximum Gasteiger partial charge on any atom is 0.261 e. The van der Waals surface area contributed by atoms with Gasteiger partial charge in [0.2, 0.25) is 0 Å². The molecule has 2 saturated heterocycles. The minimum absolute atomic E-state index is 0.162. The number of nitrogens with one attached hydrogen (secondary N) is 1. The molecule has 2 atom stereocenters. The minimum Gasteiger partial charge on any atom is -0.377 e. The van der Waals surface area contributed by atoms with Gasteiger partial charge in [-0.1, -0.05) is 25.7 Å². The SMILES string of the molecule is O=C(NCC1(CN2C[C@H]3CCO[C@@H]3C2)CCCC1)c1cc2c(s1)CCCCCC2. The third kappa shape index (κ3) is 4.42. The van der Waals surface area contributed by atoms with Gasteiger partial charge in [-0.3, -0.25) is 9.69 Å². The summed E-state index contributed by atoms with van der Waals surface area (Å²) in [6.07, 6.45) is 14.4. The Kier molecular flexibility index (Phi) is 5.99. The van der Waals surface area contributed by atoms with Gasteiger partial charge in [0.25, 0.3) is 5.91 Å². The van der Waals surface area contributed by atoms with Crippen molar-refractivity contribution in [3.05, 3.63) is 21.4 Å². The number of hydrogen-bond donors (Lipinski definition) is 1. The van der Waals surface area contributed by atoms with Crippen LogP contribution in [0.3, 0.4) is 0 Å². The highest BCUT2D eigenvalue weighted by Crippen LogP contribution is 2.40. The van der Waals surface area contributed by atoms with Crippen LogP contribution in [0.25, 0.3) is 0 Å². The van der Waals surface area contributed by atoms with Crippen LogP contribution in [0, 0.1) is 11.3 Å². The van der Waals surface area contributed by atoms with Crippen LogP contribution in [0.15, 0.2) is 6.07 Å². The first-order valence-corrected chi connectivity index (χ1v) is 12.8. The summed E-state index contributed by atoms with van der Waals surface area (Å²) in [4.78, 5) is 18.0. The Bertz CT molecular complexity index is 687. The van der Waals surface area contributed by atoms with E-state index < -0.39 is 0 Å². The highest BCUT2D eigenvalue weighted by atomic mass is 32.1. The highest BCUT2D eigenvalue weighted by Gasteiger charge is 2.42. The number of amides is 1. The molecule has 4 aliphatic rings. The molecule has 5 heteroatoms. The molecule has 2 aliphatic carbocycles. The van der Waals surface area contributed by atoms with Gasteiger partial charge in [-0.05, 0) is 56.6 Å². The van der Waals surface area contributed by atoms with Gasteiger partial charge >= 0.3 is 0 Å². The molecule has 0 aromatic carbocycles. The van der Waals surface area contributed by atoms with E-state index in [2.05, 4.69) is 16.3 Å². The summed E-state index contributed by atoms with van der Waals surface area (Å²) in [5.74, 6) is 0.906. The molecule has 3 heterocycles. The Morgan fingerprint density at radius 1 is 1.14 bits per heavy atom. The van der Waals surface area contributed by atoms with Crippen molar-refractivity contribution in [3.63, 3.8) is 0 Å². The number of likely N-dealkylation sites (tertiary alicyclic amines) is 1. The second kappa shape index (κ2) is 8.68. The zero-order chi connectivity index (χ0) is 19.7. The first-order chi connectivity index (χ1) is 14.2. The van der Waals surface area contributed by atoms with Gasteiger partial charge in [0.1, 0.15) is 0 Å². The maximum absolute atomic E-state index is 13.0. The van der Waals surface area contributed by atoms with Crippen LogP contribution in [-0.4, -0.2) is 49.7 Å². The number of aryl methyl sites for hydroxylation is 2. The lowest BCUT2D eigenvalue weighted by Crippen LogP contribution is -2.44. The summed E-state index contributed by atoms with van der Waals surface area (Å²) in [6.45, 7) is 5.21. The van der Waals surface area contributed by atoms with E-state index >= 15 is 0 Å². The van der Waals surface area contributed by atoms with E-state index in [1.807, 2.05) is 0 Å². The normalized spacial score (nSPS) is 29.2. The number of rotatable bonds is 5. The summed E-state index contributed by atoms with van der Waals surface area (Å²) >= 11 is 1.75. The highest BCUT2D eigenvalue weighted by molar-refractivity contribution is 7.14. The van der Waals surface area contributed by atoms with E-state index in [-0.39, 0.29) is 11.3 Å². The molecule has 29 heavy (non-hydrogen) atoms. The molecule has 160 valence electrons. The number of nitrogens with zero attached hydrogens (tertiary/aromatic N) is 1. The summed E-state index contributed by atoms with van der Waals surface area (Å²) in [7, 11) is 0.